The van der Waals surface area contributed by atoms with Gasteiger partial charge < -0.3 is 24.3 Å². The lowest BCUT2D eigenvalue weighted by molar-refractivity contribution is 0.382. The van der Waals surface area contributed by atoms with Gasteiger partial charge in [0.1, 0.15) is 11.3 Å². The molecule has 1 aliphatic heterocycles. The van der Waals surface area contributed by atoms with Crippen molar-refractivity contribution in [3.8, 4) is 5.75 Å². The van der Waals surface area contributed by atoms with Gasteiger partial charge in [0.2, 0.25) is 0 Å². The molecule has 0 spiro atoms. The molecule has 1 aliphatic rings. The fourth-order valence-corrected chi connectivity index (χ4v) is 3.95. The number of rotatable bonds is 3. The van der Waals surface area contributed by atoms with Crippen molar-refractivity contribution in [1.29, 1.82) is 0 Å². The van der Waals surface area contributed by atoms with Crippen LogP contribution in [0.5, 0.6) is 5.75 Å². The highest BCUT2D eigenvalue weighted by Gasteiger charge is 2.21. The Kier molecular flexibility index (Phi) is 5.40. The zero-order valence-corrected chi connectivity index (χ0v) is 17.3. The molecule has 0 aliphatic carbocycles. The number of piperazine rings is 1. The standard InChI is InChI=1S/C22H23N3O3S/c1-15-13-21(26)28-20-14-16(7-8-17(15)20)23-22(29)25-11-9-24(10-12-25)18-5-3-4-6-19(18)27-2/h3-8,13-14H,9-12H2,1-2H3,(H,23,29). The molecule has 6 nitrogen and oxygen atoms in total. The SMILES string of the molecule is COc1ccccc1N1CCN(C(=S)Nc2ccc3c(C)cc(=O)oc3c2)CC1. The first-order chi connectivity index (χ1) is 14.0. The van der Waals surface area contributed by atoms with E-state index in [0.717, 1.165) is 54.3 Å². The maximum atomic E-state index is 11.6. The van der Waals surface area contributed by atoms with E-state index in [-0.39, 0.29) is 5.63 Å². The summed E-state index contributed by atoms with van der Waals surface area (Å²) in [6.07, 6.45) is 0. The first kappa shape index (κ1) is 19.3. The topological polar surface area (TPSA) is 58.0 Å². The van der Waals surface area contributed by atoms with Gasteiger partial charge in [0, 0.05) is 49.4 Å². The minimum Gasteiger partial charge on any atom is -0.495 e. The van der Waals surface area contributed by atoms with Gasteiger partial charge in [-0.1, -0.05) is 12.1 Å². The van der Waals surface area contributed by atoms with E-state index in [1.807, 2.05) is 43.3 Å². The highest BCUT2D eigenvalue weighted by Crippen LogP contribution is 2.28. The van der Waals surface area contributed by atoms with E-state index in [0.29, 0.717) is 10.7 Å². The third-order valence-electron chi connectivity index (χ3n) is 5.20. The average Bonchev–Trinajstić information content (AvgIpc) is 2.73. The number of fused-ring (bicyclic) bond motifs is 1. The van der Waals surface area contributed by atoms with Crippen LogP contribution in [0.1, 0.15) is 5.56 Å². The summed E-state index contributed by atoms with van der Waals surface area (Å²) in [5.41, 5.74) is 3.03. The minimum atomic E-state index is -0.345. The molecule has 1 N–H and O–H groups in total. The molecule has 0 saturated carbocycles. The zero-order chi connectivity index (χ0) is 20.4. The van der Waals surface area contributed by atoms with E-state index in [4.69, 9.17) is 21.4 Å². The van der Waals surface area contributed by atoms with Crippen molar-refractivity contribution in [1.82, 2.24) is 4.90 Å². The second-order valence-corrected chi connectivity index (χ2v) is 7.42. The first-order valence-corrected chi connectivity index (χ1v) is 9.94. The Hall–Kier alpha value is -3.06. The molecule has 1 fully saturated rings. The number of aryl methyl sites for hydroxylation is 1. The van der Waals surface area contributed by atoms with Crippen molar-refractivity contribution in [3.05, 3.63) is 64.5 Å². The molecule has 1 saturated heterocycles. The second kappa shape index (κ2) is 8.13. The summed E-state index contributed by atoms with van der Waals surface area (Å²) in [7, 11) is 1.70. The lowest BCUT2D eigenvalue weighted by Crippen LogP contribution is -2.50. The van der Waals surface area contributed by atoms with Crippen LogP contribution >= 0.6 is 12.2 Å². The number of thiocarbonyl (C=S) groups is 1. The van der Waals surface area contributed by atoms with E-state index in [1.54, 1.807) is 7.11 Å². The van der Waals surface area contributed by atoms with Gasteiger partial charge in [-0.15, -0.1) is 0 Å². The number of nitrogens with one attached hydrogen (secondary N) is 1. The molecular weight excluding hydrogens is 386 g/mol. The van der Waals surface area contributed by atoms with Crippen LogP contribution in [0.25, 0.3) is 11.0 Å². The van der Waals surface area contributed by atoms with Gasteiger partial charge in [-0.2, -0.15) is 0 Å². The molecule has 1 aromatic heterocycles. The Morgan fingerprint density at radius 1 is 1.10 bits per heavy atom. The molecule has 7 heteroatoms. The Bertz CT molecular complexity index is 1100. The number of methoxy groups -OCH3 is 1. The van der Waals surface area contributed by atoms with Crippen LogP contribution in [0.2, 0.25) is 0 Å². The van der Waals surface area contributed by atoms with E-state index >= 15 is 0 Å². The predicted molar refractivity (Wildman–Crippen MR) is 120 cm³/mol. The maximum Gasteiger partial charge on any atom is 0.336 e. The second-order valence-electron chi connectivity index (χ2n) is 7.04. The summed E-state index contributed by atoms with van der Waals surface area (Å²) in [5.74, 6) is 0.884. The number of hydrogen-bond acceptors (Lipinski definition) is 5. The molecule has 0 amide bonds. The largest absolute Gasteiger partial charge is 0.495 e. The van der Waals surface area contributed by atoms with E-state index in [1.165, 1.54) is 6.07 Å². The summed E-state index contributed by atoms with van der Waals surface area (Å²) >= 11 is 5.61. The number of ether oxygens (including phenoxy) is 1. The average molecular weight is 410 g/mol. The van der Waals surface area contributed by atoms with Crippen LogP contribution in [0, 0.1) is 6.92 Å². The molecular formula is C22H23N3O3S. The maximum absolute atomic E-state index is 11.6. The molecule has 150 valence electrons. The van der Waals surface area contributed by atoms with Crippen molar-refractivity contribution >= 4 is 39.7 Å². The van der Waals surface area contributed by atoms with Crippen molar-refractivity contribution < 1.29 is 9.15 Å². The minimum absolute atomic E-state index is 0.345. The fraction of sp³-hybridized carbons (Fsp3) is 0.273. The van der Waals surface area contributed by atoms with Gasteiger partial charge >= 0.3 is 5.63 Å². The van der Waals surface area contributed by atoms with E-state index in [2.05, 4.69) is 21.2 Å². The summed E-state index contributed by atoms with van der Waals surface area (Å²) in [6.45, 7) is 5.23. The number of benzene rings is 2. The third kappa shape index (κ3) is 4.05. The quantitative estimate of drug-likeness (QED) is 0.524. The van der Waals surface area contributed by atoms with Gasteiger partial charge in [0.25, 0.3) is 0 Å². The Morgan fingerprint density at radius 3 is 2.62 bits per heavy atom. The molecule has 0 bridgehead atoms. The van der Waals surface area contributed by atoms with Crippen LogP contribution in [-0.4, -0.2) is 43.3 Å². The fourth-order valence-electron chi connectivity index (χ4n) is 3.65. The number of anilines is 2. The van der Waals surface area contributed by atoms with Crippen LogP contribution in [-0.2, 0) is 0 Å². The van der Waals surface area contributed by atoms with E-state index in [9.17, 15) is 4.79 Å². The smallest absolute Gasteiger partial charge is 0.336 e. The monoisotopic (exact) mass is 409 g/mol. The molecule has 0 radical (unpaired) electrons. The van der Waals surface area contributed by atoms with Crippen molar-refractivity contribution in [2.24, 2.45) is 0 Å². The summed E-state index contributed by atoms with van der Waals surface area (Å²) in [4.78, 5) is 16.1. The molecule has 0 unspecified atom stereocenters. The van der Waals surface area contributed by atoms with Gasteiger partial charge in [-0.3, -0.25) is 0 Å². The van der Waals surface area contributed by atoms with Crippen LogP contribution in [0.15, 0.2) is 57.7 Å². The molecule has 29 heavy (non-hydrogen) atoms. The van der Waals surface area contributed by atoms with Gasteiger partial charge in [-0.25, -0.2) is 4.79 Å². The van der Waals surface area contributed by atoms with Crippen molar-refractivity contribution in [2.75, 3.05) is 43.5 Å². The number of para-hydroxylation sites is 2. The predicted octanol–water partition coefficient (Wildman–Crippen LogP) is 3.63. The molecule has 4 rings (SSSR count). The Balaban J connectivity index is 1.42. The lowest BCUT2D eigenvalue weighted by Gasteiger charge is -2.37. The third-order valence-corrected chi connectivity index (χ3v) is 5.56. The summed E-state index contributed by atoms with van der Waals surface area (Å²) in [5, 5.41) is 4.86. The van der Waals surface area contributed by atoms with Crippen molar-refractivity contribution in [3.63, 3.8) is 0 Å². The molecule has 2 aromatic carbocycles. The molecule has 0 atom stereocenters. The summed E-state index contributed by atoms with van der Waals surface area (Å²) in [6, 6.07) is 15.3. The Labute approximate surface area is 174 Å². The Morgan fingerprint density at radius 2 is 1.86 bits per heavy atom. The summed E-state index contributed by atoms with van der Waals surface area (Å²) < 4.78 is 10.8. The van der Waals surface area contributed by atoms with Gasteiger partial charge in [0.15, 0.2) is 5.11 Å². The van der Waals surface area contributed by atoms with Crippen LogP contribution < -0.4 is 20.6 Å². The normalized spacial score (nSPS) is 14.1. The van der Waals surface area contributed by atoms with Gasteiger partial charge in [0.05, 0.1) is 12.8 Å². The van der Waals surface area contributed by atoms with E-state index < -0.39 is 0 Å². The number of hydrogen-bond donors (Lipinski definition) is 1. The van der Waals surface area contributed by atoms with Crippen molar-refractivity contribution in [2.45, 2.75) is 6.92 Å². The number of nitrogens with zero attached hydrogens (tertiary/aromatic N) is 2. The van der Waals surface area contributed by atoms with Crippen LogP contribution in [0.4, 0.5) is 11.4 Å². The van der Waals surface area contributed by atoms with Gasteiger partial charge in [-0.05, 0) is 49.0 Å². The van der Waals surface area contributed by atoms with Crippen LogP contribution in [0.3, 0.4) is 0 Å². The highest BCUT2D eigenvalue weighted by atomic mass is 32.1. The first-order valence-electron chi connectivity index (χ1n) is 9.53. The molecule has 2 heterocycles. The highest BCUT2D eigenvalue weighted by molar-refractivity contribution is 7.80. The molecule has 3 aromatic rings. The lowest BCUT2D eigenvalue weighted by atomic mass is 10.1. The zero-order valence-electron chi connectivity index (χ0n) is 16.5.